The summed E-state index contributed by atoms with van der Waals surface area (Å²) in [6.45, 7) is 3.64. The Bertz CT molecular complexity index is 598. The lowest BCUT2D eigenvalue weighted by Gasteiger charge is -2.37. The molecular weight excluding hydrogens is 286 g/mol. The molecule has 0 atom stereocenters. The molecule has 1 saturated heterocycles. The summed E-state index contributed by atoms with van der Waals surface area (Å²) >= 11 is 6.27. The maximum Gasteiger partial charge on any atom is 0.147 e. The number of hydrogen-bond acceptors (Lipinski definition) is 4. The van der Waals surface area contributed by atoms with E-state index in [2.05, 4.69) is 39.0 Å². The normalized spacial score (nSPS) is 15.3. The molecule has 5 heteroatoms. The van der Waals surface area contributed by atoms with Gasteiger partial charge >= 0.3 is 0 Å². The van der Waals surface area contributed by atoms with Gasteiger partial charge in [0, 0.05) is 38.1 Å². The Balaban J connectivity index is 1.68. The number of nitrogens with zero attached hydrogens (tertiary/aromatic N) is 3. The van der Waals surface area contributed by atoms with Crippen LogP contribution in [0.1, 0.15) is 5.56 Å². The van der Waals surface area contributed by atoms with Crippen LogP contribution in [0.4, 0.5) is 11.5 Å². The average Bonchev–Trinajstić information content (AvgIpc) is 2.56. The quantitative estimate of drug-likeness (QED) is 0.946. The Morgan fingerprint density at radius 1 is 1.05 bits per heavy atom. The number of halogens is 1. The molecule has 1 aliphatic heterocycles. The van der Waals surface area contributed by atoms with Crippen molar-refractivity contribution in [2.24, 2.45) is 0 Å². The molecule has 0 unspecified atom stereocenters. The number of aliphatic hydroxyl groups excluding tert-OH is 1. The highest BCUT2D eigenvalue weighted by molar-refractivity contribution is 6.33. The third-order valence-corrected chi connectivity index (χ3v) is 4.04. The Morgan fingerprint density at radius 3 is 2.33 bits per heavy atom. The van der Waals surface area contributed by atoms with Gasteiger partial charge in [0.15, 0.2) is 0 Å². The van der Waals surface area contributed by atoms with E-state index in [-0.39, 0.29) is 6.61 Å². The number of aromatic nitrogens is 1. The van der Waals surface area contributed by atoms with Gasteiger partial charge in [0.05, 0.1) is 11.6 Å². The second-order valence-electron chi connectivity index (χ2n) is 5.12. The largest absolute Gasteiger partial charge is 0.392 e. The number of piperazine rings is 1. The van der Waals surface area contributed by atoms with Crippen LogP contribution in [0.2, 0.25) is 5.02 Å². The Morgan fingerprint density at radius 2 is 1.71 bits per heavy atom. The number of aliphatic hydroxyl groups is 1. The molecule has 1 fully saturated rings. The van der Waals surface area contributed by atoms with E-state index in [1.807, 2.05) is 6.07 Å². The highest BCUT2D eigenvalue weighted by Crippen LogP contribution is 2.26. The monoisotopic (exact) mass is 303 g/mol. The van der Waals surface area contributed by atoms with E-state index in [9.17, 15) is 0 Å². The number of para-hydroxylation sites is 1. The number of rotatable bonds is 3. The van der Waals surface area contributed by atoms with Gasteiger partial charge in [0.2, 0.25) is 0 Å². The van der Waals surface area contributed by atoms with Gasteiger partial charge in [-0.05, 0) is 23.8 Å². The number of benzene rings is 1. The Hall–Kier alpha value is -1.78. The highest BCUT2D eigenvalue weighted by atomic mass is 35.5. The summed E-state index contributed by atoms with van der Waals surface area (Å²) in [6.07, 6.45) is 1.69. The third kappa shape index (κ3) is 3.12. The van der Waals surface area contributed by atoms with E-state index < -0.39 is 0 Å². The molecule has 0 aliphatic carbocycles. The average molecular weight is 304 g/mol. The topological polar surface area (TPSA) is 39.6 Å². The molecule has 0 amide bonds. The van der Waals surface area contributed by atoms with Crippen molar-refractivity contribution in [1.82, 2.24) is 4.98 Å². The molecule has 21 heavy (non-hydrogen) atoms. The fourth-order valence-corrected chi connectivity index (χ4v) is 2.91. The van der Waals surface area contributed by atoms with Crippen LogP contribution in [0, 0.1) is 0 Å². The maximum atomic E-state index is 9.11. The van der Waals surface area contributed by atoms with Crippen molar-refractivity contribution in [2.75, 3.05) is 36.0 Å². The molecule has 1 N–H and O–H groups in total. The zero-order chi connectivity index (χ0) is 14.7. The predicted molar refractivity (Wildman–Crippen MR) is 86.0 cm³/mol. The fraction of sp³-hybridized carbons (Fsp3) is 0.312. The summed E-state index contributed by atoms with van der Waals surface area (Å²) in [5.74, 6) is 0.807. The third-order valence-electron chi connectivity index (χ3n) is 3.76. The van der Waals surface area contributed by atoms with E-state index in [0.29, 0.717) is 5.02 Å². The molecule has 1 aliphatic rings. The summed E-state index contributed by atoms with van der Waals surface area (Å²) in [4.78, 5) is 8.95. The van der Waals surface area contributed by atoms with Crippen molar-refractivity contribution < 1.29 is 5.11 Å². The first kappa shape index (κ1) is 14.2. The standard InChI is InChI=1S/C16H18ClN3O/c17-15-10-13(12-21)11-18-16(15)20-8-6-19(7-9-20)14-4-2-1-3-5-14/h1-5,10-11,21H,6-9,12H2. The van der Waals surface area contributed by atoms with Gasteiger partial charge in [0.25, 0.3) is 0 Å². The van der Waals surface area contributed by atoms with E-state index in [0.717, 1.165) is 37.6 Å². The van der Waals surface area contributed by atoms with Crippen molar-refractivity contribution in [3.8, 4) is 0 Å². The van der Waals surface area contributed by atoms with Crippen molar-refractivity contribution in [3.63, 3.8) is 0 Å². The van der Waals surface area contributed by atoms with Crippen LogP contribution >= 0.6 is 11.6 Å². The zero-order valence-electron chi connectivity index (χ0n) is 11.7. The van der Waals surface area contributed by atoms with Crippen LogP contribution in [0.3, 0.4) is 0 Å². The van der Waals surface area contributed by atoms with E-state index in [1.54, 1.807) is 12.3 Å². The van der Waals surface area contributed by atoms with Crippen LogP contribution in [-0.4, -0.2) is 36.3 Å². The highest BCUT2D eigenvalue weighted by Gasteiger charge is 2.20. The molecule has 110 valence electrons. The molecular formula is C16H18ClN3O. The lowest BCUT2D eigenvalue weighted by atomic mass is 10.2. The van der Waals surface area contributed by atoms with Gasteiger partial charge in [-0.15, -0.1) is 0 Å². The van der Waals surface area contributed by atoms with Gasteiger partial charge in [-0.1, -0.05) is 29.8 Å². The molecule has 2 heterocycles. The van der Waals surface area contributed by atoms with Gasteiger partial charge in [0.1, 0.15) is 5.82 Å². The second kappa shape index (κ2) is 6.33. The van der Waals surface area contributed by atoms with Crippen molar-refractivity contribution in [2.45, 2.75) is 6.61 Å². The van der Waals surface area contributed by atoms with E-state index in [4.69, 9.17) is 16.7 Å². The number of pyridine rings is 1. The first-order chi connectivity index (χ1) is 10.3. The smallest absolute Gasteiger partial charge is 0.147 e. The minimum atomic E-state index is -0.0330. The minimum Gasteiger partial charge on any atom is -0.392 e. The van der Waals surface area contributed by atoms with Crippen LogP contribution in [0.5, 0.6) is 0 Å². The molecule has 0 radical (unpaired) electrons. The first-order valence-corrected chi connectivity index (χ1v) is 7.46. The van der Waals surface area contributed by atoms with Gasteiger partial charge in [-0.2, -0.15) is 0 Å². The summed E-state index contributed by atoms with van der Waals surface area (Å²) in [6, 6.07) is 12.2. The molecule has 0 saturated carbocycles. The van der Waals surface area contributed by atoms with Crippen LogP contribution in [0.15, 0.2) is 42.6 Å². The van der Waals surface area contributed by atoms with Gasteiger partial charge < -0.3 is 14.9 Å². The molecule has 4 nitrogen and oxygen atoms in total. The Labute approximate surface area is 129 Å². The summed E-state index contributed by atoms with van der Waals surface area (Å²) in [5, 5.41) is 9.71. The van der Waals surface area contributed by atoms with Crippen molar-refractivity contribution in [3.05, 3.63) is 53.2 Å². The van der Waals surface area contributed by atoms with Crippen LogP contribution in [0.25, 0.3) is 0 Å². The van der Waals surface area contributed by atoms with Crippen LogP contribution in [-0.2, 0) is 6.61 Å². The summed E-state index contributed by atoms with van der Waals surface area (Å²) < 4.78 is 0. The van der Waals surface area contributed by atoms with Crippen molar-refractivity contribution >= 4 is 23.1 Å². The molecule has 1 aromatic carbocycles. The lowest BCUT2D eigenvalue weighted by Crippen LogP contribution is -2.46. The summed E-state index contributed by atoms with van der Waals surface area (Å²) in [5.41, 5.74) is 2.00. The maximum absolute atomic E-state index is 9.11. The lowest BCUT2D eigenvalue weighted by molar-refractivity contribution is 0.281. The molecule has 0 bridgehead atoms. The van der Waals surface area contributed by atoms with Gasteiger partial charge in [-0.25, -0.2) is 4.98 Å². The zero-order valence-corrected chi connectivity index (χ0v) is 12.5. The van der Waals surface area contributed by atoms with E-state index >= 15 is 0 Å². The molecule has 0 spiro atoms. The van der Waals surface area contributed by atoms with Gasteiger partial charge in [-0.3, -0.25) is 0 Å². The SMILES string of the molecule is OCc1cnc(N2CCN(c3ccccc3)CC2)c(Cl)c1. The number of hydrogen-bond donors (Lipinski definition) is 1. The molecule has 1 aromatic heterocycles. The second-order valence-corrected chi connectivity index (χ2v) is 5.52. The molecule has 2 aromatic rings. The fourth-order valence-electron chi connectivity index (χ4n) is 2.60. The Kier molecular flexibility index (Phi) is 4.27. The summed E-state index contributed by atoms with van der Waals surface area (Å²) in [7, 11) is 0. The number of anilines is 2. The molecule has 3 rings (SSSR count). The predicted octanol–water partition coefficient (Wildman–Crippen LogP) is 2.55. The minimum absolute atomic E-state index is 0.0330. The van der Waals surface area contributed by atoms with Crippen LogP contribution < -0.4 is 9.80 Å². The van der Waals surface area contributed by atoms with E-state index in [1.165, 1.54) is 5.69 Å². The first-order valence-electron chi connectivity index (χ1n) is 7.08. The van der Waals surface area contributed by atoms with Crippen molar-refractivity contribution in [1.29, 1.82) is 0 Å².